The first-order chi connectivity index (χ1) is 19.7. The standard InChI is InChI=1S/C34H46N4O2S/c1-6-7-10-29(39)34(4,5)30-22-28-27(32(35-33(28)41-30)26-20-24(2)19-25(3)21-26)11-14-36-15-17-37(18-16-36)23-31(40)38-12-8-9-13-38/h6,19-22,35H,1,7-18,23H2,2-5H3. The average Bonchev–Trinajstić information content (AvgIpc) is 3.68. The molecular formula is C34H46N4O2S. The molecule has 7 heteroatoms. The number of aromatic nitrogens is 1. The summed E-state index contributed by atoms with van der Waals surface area (Å²) < 4.78 is 0. The van der Waals surface area contributed by atoms with E-state index in [2.05, 4.69) is 73.3 Å². The fourth-order valence-corrected chi connectivity index (χ4v) is 7.56. The Morgan fingerprint density at radius 2 is 1.63 bits per heavy atom. The number of benzene rings is 1. The van der Waals surface area contributed by atoms with Crippen molar-refractivity contribution in [2.75, 3.05) is 52.4 Å². The van der Waals surface area contributed by atoms with Gasteiger partial charge in [-0.05, 0) is 82.7 Å². The molecular weight excluding hydrogens is 528 g/mol. The number of amides is 1. The minimum atomic E-state index is -0.520. The molecule has 5 rings (SSSR count). The van der Waals surface area contributed by atoms with Gasteiger partial charge < -0.3 is 14.8 Å². The topological polar surface area (TPSA) is 59.7 Å². The van der Waals surface area contributed by atoms with E-state index in [1.54, 1.807) is 11.3 Å². The van der Waals surface area contributed by atoms with Crippen molar-refractivity contribution < 1.29 is 9.59 Å². The number of fused-ring (bicyclic) bond motifs is 1. The minimum Gasteiger partial charge on any atom is -0.346 e. The Morgan fingerprint density at radius 3 is 2.29 bits per heavy atom. The Bertz CT molecular complexity index is 1380. The molecule has 2 saturated heterocycles. The van der Waals surface area contributed by atoms with E-state index in [1.807, 2.05) is 11.0 Å². The van der Waals surface area contributed by atoms with E-state index in [0.29, 0.717) is 25.3 Å². The van der Waals surface area contributed by atoms with Crippen LogP contribution in [0.4, 0.5) is 0 Å². The van der Waals surface area contributed by atoms with Gasteiger partial charge in [0.2, 0.25) is 5.91 Å². The number of aromatic amines is 1. The van der Waals surface area contributed by atoms with Crippen LogP contribution in [0.5, 0.6) is 0 Å². The van der Waals surface area contributed by atoms with Crippen molar-refractivity contribution in [1.82, 2.24) is 19.7 Å². The molecule has 1 amide bonds. The Labute approximate surface area is 249 Å². The maximum absolute atomic E-state index is 13.1. The first-order valence-corrected chi connectivity index (χ1v) is 16.1. The van der Waals surface area contributed by atoms with E-state index in [0.717, 1.165) is 74.8 Å². The van der Waals surface area contributed by atoms with Gasteiger partial charge in [-0.25, -0.2) is 0 Å². The van der Waals surface area contributed by atoms with Crippen LogP contribution in [-0.2, 0) is 21.4 Å². The van der Waals surface area contributed by atoms with Crippen molar-refractivity contribution in [3.05, 3.63) is 58.5 Å². The largest absolute Gasteiger partial charge is 0.346 e. The summed E-state index contributed by atoms with van der Waals surface area (Å²) >= 11 is 1.72. The van der Waals surface area contributed by atoms with Gasteiger partial charge in [0.05, 0.1) is 17.7 Å². The highest BCUT2D eigenvalue weighted by Gasteiger charge is 2.32. The summed E-state index contributed by atoms with van der Waals surface area (Å²) in [6.45, 7) is 19.5. The number of hydrogen-bond acceptors (Lipinski definition) is 5. The van der Waals surface area contributed by atoms with Crippen LogP contribution in [0.25, 0.3) is 21.5 Å². The molecule has 6 nitrogen and oxygen atoms in total. The van der Waals surface area contributed by atoms with Crippen LogP contribution in [0.3, 0.4) is 0 Å². The van der Waals surface area contributed by atoms with Crippen molar-refractivity contribution in [2.45, 2.75) is 65.2 Å². The number of rotatable bonds is 11. The summed E-state index contributed by atoms with van der Waals surface area (Å²) in [5.41, 5.74) is 5.78. The monoisotopic (exact) mass is 574 g/mol. The third kappa shape index (κ3) is 6.68. The number of carbonyl (C=O) groups is 2. The Morgan fingerprint density at radius 1 is 0.976 bits per heavy atom. The zero-order chi connectivity index (χ0) is 29.1. The second kappa shape index (κ2) is 12.6. The van der Waals surface area contributed by atoms with E-state index >= 15 is 0 Å². The molecule has 0 spiro atoms. The number of nitrogens with zero attached hydrogens (tertiary/aromatic N) is 3. The van der Waals surface area contributed by atoms with Crippen molar-refractivity contribution >= 4 is 33.2 Å². The molecule has 2 aliphatic heterocycles. The lowest BCUT2D eigenvalue weighted by atomic mass is 9.84. The zero-order valence-corrected chi connectivity index (χ0v) is 26.2. The fraction of sp³-hybridized carbons (Fsp3) is 0.529. The number of piperazine rings is 1. The van der Waals surface area contributed by atoms with Crippen LogP contribution >= 0.6 is 11.3 Å². The number of carbonyl (C=O) groups excluding carboxylic acids is 2. The first kappa shape index (κ1) is 29.7. The van der Waals surface area contributed by atoms with E-state index in [-0.39, 0.29) is 5.78 Å². The number of thiophene rings is 1. The van der Waals surface area contributed by atoms with E-state index in [1.165, 1.54) is 33.3 Å². The van der Waals surface area contributed by atoms with Gasteiger partial charge in [-0.2, -0.15) is 0 Å². The Balaban J connectivity index is 1.33. The second-order valence-electron chi connectivity index (χ2n) is 12.5. The van der Waals surface area contributed by atoms with Crippen molar-refractivity contribution in [1.29, 1.82) is 0 Å². The van der Waals surface area contributed by atoms with Crippen LogP contribution in [0.2, 0.25) is 0 Å². The molecule has 220 valence electrons. The molecule has 41 heavy (non-hydrogen) atoms. The highest BCUT2D eigenvalue weighted by atomic mass is 32.1. The lowest BCUT2D eigenvalue weighted by Crippen LogP contribution is -2.50. The normalized spacial score (nSPS) is 17.0. The lowest BCUT2D eigenvalue weighted by Gasteiger charge is -2.35. The van der Waals surface area contributed by atoms with Crippen LogP contribution < -0.4 is 0 Å². The third-order valence-corrected chi connectivity index (χ3v) is 10.3. The van der Waals surface area contributed by atoms with Gasteiger partial charge in [-0.3, -0.25) is 14.5 Å². The molecule has 2 aromatic heterocycles. The van der Waals surface area contributed by atoms with Gasteiger partial charge in [0.1, 0.15) is 10.6 Å². The van der Waals surface area contributed by atoms with E-state index in [4.69, 9.17) is 0 Å². The fourth-order valence-electron chi connectivity index (χ4n) is 6.35. The summed E-state index contributed by atoms with van der Waals surface area (Å²) in [4.78, 5) is 38.7. The highest BCUT2D eigenvalue weighted by molar-refractivity contribution is 7.19. The predicted octanol–water partition coefficient (Wildman–Crippen LogP) is 6.11. The van der Waals surface area contributed by atoms with Crippen LogP contribution in [0.1, 0.15) is 61.1 Å². The van der Waals surface area contributed by atoms with Gasteiger partial charge in [0.25, 0.3) is 0 Å². The van der Waals surface area contributed by atoms with Crippen molar-refractivity contribution in [3.63, 3.8) is 0 Å². The molecule has 0 unspecified atom stereocenters. The number of likely N-dealkylation sites (tertiary alicyclic amines) is 1. The molecule has 0 radical (unpaired) electrons. The molecule has 4 heterocycles. The lowest BCUT2D eigenvalue weighted by molar-refractivity contribution is -0.131. The summed E-state index contributed by atoms with van der Waals surface area (Å²) in [7, 11) is 0. The average molecular weight is 575 g/mol. The number of hydrogen-bond donors (Lipinski definition) is 1. The van der Waals surface area contributed by atoms with Crippen molar-refractivity contribution in [2.24, 2.45) is 0 Å². The maximum Gasteiger partial charge on any atom is 0.236 e. The molecule has 2 aliphatic rings. The van der Waals surface area contributed by atoms with Crippen LogP contribution in [0, 0.1) is 13.8 Å². The summed E-state index contributed by atoms with van der Waals surface area (Å²) in [6.07, 6.45) is 6.30. The number of H-pyrrole nitrogens is 1. The molecule has 0 saturated carbocycles. The molecule has 3 aromatic rings. The SMILES string of the molecule is C=CCCC(=O)C(C)(C)c1cc2c(CCN3CCN(CC(=O)N4CCCC4)CC3)c(-c3cc(C)cc(C)c3)[nH]c2s1. The number of aryl methyl sites for hydroxylation is 2. The maximum atomic E-state index is 13.1. The zero-order valence-electron chi connectivity index (χ0n) is 25.4. The highest BCUT2D eigenvalue weighted by Crippen LogP contribution is 2.41. The van der Waals surface area contributed by atoms with Gasteiger partial charge in [0, 0.05) is 62.5 Å². The number of allylic oxidation sites excluding steroid dienone is 1. The summed E-state index contributed by atoms with van der Waals surface area (Å²) in [5.74, 6) is 0.557. The quantitative estimate of drug-likeness (QED) is 0.281. The number of nitrogens with one attached hydrogen (secondary N) is 1. The van der Waals surface area contributed by atoms with Crippen LogP contribution in [-0.4, -0.2) is 83.7 Å². The summed E-state index contributed by atoms with van der Waals surface area (Å²) in [5, 5.41) is 1.25. The van der Waals surface area contributed by atoms with Crippen LogP contribution in [0.15, 0.2) is 36.9 Å². The molecule has 2 fully saturated rings. The number of ketones is 1. The van der Waals surface area contributed by atoms with Gasteiger partial charge in [0.15, 0.2) is 0 Å². The summed E-state index contributed by atoms with van der Waals surface area (Å²) in [6, 6.07) is 9.03. The molecule has 1 N–H and O–H groups in total. The van der Waals surface area contributed by atoms with Gasteiger partial charge in [-0.15, -0.1) is 17.9 Å². The molecule has 0 bridgehead atoms. The smallest absolute Gasteiger partial charge is 0.236 e. The first-order valence-electron chi connectivity index (χ1n) is 15.3. The predicted molar refractivity (Wildman–Crippen MR) is 171 cm³/mol. The number of Topliss-reactive ketones (excluding diaryl/α,β-unsaturated/α-hetero) is 1. The third-order valence-electron chi connectivity index (χ3n) is 8.96. The van der Waals surface area contributed by atoms with E-state index in [9.17, 15) is 9.59 Å². The van der Waals surface area contributed by atoms with Gasteiger partial charge in [-0.1, -0.05) is 23.3 Å². The second-order valence-corrected chi connectivity index (χ2v) is 13.6. The molecule has 0 aliphatic carbocycles. The van der Waals surface area contributed by atoms with Crippen molar-refractivity contribution in [3.8, 4) is 11.3 Å². The Kier molecular flexibility index (Phi) is 9.17. The van der Waals surface area contributed by atoms with E-state index < -0.39 is 5.41 Å². The van der Waals surface area contributed by atoms with Gasteiger partial charge >= 0.3 is 0 Å². The Hall–Kier alpha value is -2.74. The molecule has 1 aromatic carbocycles. The molecule has 0 atom stereocenters. The minimum absolute atomic E-state index is 0.262.